The molecule has 0 aliphatic carbocycles. The van der Waals surface area contributed by atoms with Crippen LogP contribution in [0.5, 0.6) is 0 Å². The summed E-state index contributed by atoms with van der Waals surface area (Å²) >= 11 is 0. The highest BCUT2D eigenvalue weighted by molar-refractivity contribution is 5.48. The van der Waals surface area contributed by atoms with Gasteiger partial charge in [0, 0.05) is 26.1 Å². The first-order valence-electron chi connectivity index (χ1n) is 7.47. The third-order valence-electron chi connectivity index (χ3n) is 3.09. The number of nitrogens with zero attached hydrogens (tertiary/aromatic N) is 2. The van der Waals surface area contributed by atoms with Gasteiger partial charge < -0.3 is 15.4 Å². The van der Waals surface area contributed by atoms with Gasteiger partial charge in [0.1, 0.15) is 17.5 Å². The molecule has 1 rings (SSSR count). The molecule has 2 N–H and O–H groups in total. The zero-order valence-electron chi connectivity index (χ0n) is 13.4. The third kappa shape index (κ3) is 5.33. The van der Waals surface area contributed by atoms with Crippen LogP contribution in [0.3, 0.4) is 0 Å². The lowest BCUT2D eigenvalue weighted by Gasteiger charge is -2.22. The lowest BCUT2D eigenvalue weighted by atomic mass is 10.1. The van der Waals surface area contributed by atoms with Crippen molar-refractivity contribution in [1.29, 1.82) is 0 Å². The van der Waals surface area contributed by atoms with Gasteiger partial charge in [-0.05, 0) is 19.3 Å². The summed E-state index contributed by atoms with van der Waals surface area (Å²) in [6.45, 7) is 10.1. The fourth-order valence-corrected chi connectivity index (χ4v) is 1.95. The summed E-state index contributed by atoms with van der Waals surface area (Å²) in [5.41, 5.74) is 0. The molecule has 5 heteroatoms. The van der Waals surface area contributed by atoms with Crippen LogP contribution in [0.4, 0.5) is 11.6 Å². The van der Waals surface area contributed by atoms with Crippen molar-refractivity contribution in [2.45, 2.75) is 46.6 Å². The second-order valence-electron chi connectivity index (χ2n) is 5.29. The van der Waals surface area contributed by atoms with E-state index in [4.69, 9.17) is 4.74 Å². The van der Waals surface area contributed by atoms with Crippen LogP contribution in [-0.4, -0.2) is 36.3 Å². The first kappa shape index (κ1) is 16.7. The SMILES string of the molecule is CCCc1nc(NCC)cc(NC(COC)C(C)C)n1. The van der Waals surface area contributed by atoms with Crippen LogP contribution in [0.1, 0.15) is 39.9 Å². The van der Waals surface area contributed by atoms with Crippen molar-refractivity contribution in [2.75, 3.05) is 30.9 Å². The molecule has 1 aromatic heterocycles. The van der Waals surface area contributed by atoms with E-state index in [9.17, 15) is 0 Å². The van der Waals surface area contributed by atoms with E-state index in [2.05, 4.69) is 48.3 Å². The summed E-state index contributed by atoms with van der Waals surface area (Å²) in [5, 5.41) is 6.72. The number of hydrogen-bond acceptors (Lipinski definition) is 5. The number of ether oxygens (including phenoxy) is 1. The van der Waals surface area contributed by atoms with Crippen LogP contribution in [0.25, 0.3) is 0 Å². The molecule has 0 aliphatic heterocycles. The summed E-state index contributed by atoms with van der Waals surface area (Å²) in [7, 11) is 1.73. The summed E-state index contributed by atoms with van der Waals surface area (Å²) in [6.07, 6.45) is 1.94. The van der Waals surface area contributed by atoms with Crippen molar-refractivity contribution < 1.29 is 4.74 Å². The Balaban J connectivity index is 2.90. The third-order valence-corrected chi connectivity index (χ3v) is 3.09. The number of aromatic nitrogens is 2. The van der Waals surface area contributed by atoms with Gasteiger partial charge in [-0.25, -0.2) is 9.97 Å². The van der Waals surface area contributed by atoms with E-state index in [1.807, 2.05) is 6.07 Å². The Morgan fingerprint density at radius 1 is 1.20 bits per heavy atom. The Hall–Kier alpha value is -1.36. The molecule has 0 aromatic carbocycles. The molecule has 1 unspecified atom stereocenters. The smallest absolute Gasteiger partial charge is 0.133 e. The molecule has 1 aromatic rings. The topological polar surface area (TPSA) is 59.1 Å². The van der Waals surface area contributed by atoms with Gasteiger partial charge in [-0.15, -0.1) is 0 Å². The molecule has 0 fully saturated rings. The molecular weight excluding hydrogens is 252 g/mol. The maximum absolute atomic E-state index is 5.27. The van der Waals surface area contributed by atoms with Crippen LogP contribution in [0.2, 0.25) is 0 Å². The van der Waals surface area contributed by atoms with Crippen molar-refractivity contribution in [3.8, 4) is 0 Å². The molecule has 0 saturated heterocycles. The maximum Gasteiger partial charge on any atom is 0.133 e. The number of anilines is 2. The molecule has 1 atom stereocenters. The maximum atomic E-state index is 5.27. The van der Waals surface area contributed by atoms with E-state index in [0.29, 0.717) is 12.5 Å². The van der Waals surface area contributed by atoms with E-state index >= 15 is 0 Å². The molecular formula is C15H28N4O. The van der Waals surface area contributed by atoms with Gasteiger partial charge in [0.2, 0.25) is 0 Å². The number of aryl methyl sites for hydroxylation is 1. The second kappa shape index (κ2) is 8.74. The number of rotatable bonds is 9. The van der Waals surface area contributed by atoms with Crippen LogP contribution < -0.4 is 10.6 Å². The van der Waals surface area contributed by atoms with Crippen LogP contribution in [-0.2, 0) is 11.2 Å². The zero-order valence-corrected chi connectivity index (χ0v) is 13.4. The summed E-state index contributed by atoms with van der Waals surface area (Å²) in [4.78, 5) is 9.11. The van der Waals surface area contributed by atoms with E-state index < -0.39 is 0 Å². The molecule has 0 aliphatic rings. The van der Waals surface area contributed by atoms with Gasteiger partial charge in [-0.3, -0.25) is 0 Å². The minimum Gasteiger partial charge on any atom is -0.383 e. The highest BCUT2D eigenvalue weighted by Crippen LogP contribution is 2.16. The number of nitrogens with one attached hydrogen (secondary N) is 2. The van der Waals surface area contributed by atoms with Gasteiger partial charge in [0.15, 0.2) is 0 Å². The Morgan fingerprint density at radius 2 is 1.90 bits per heavy atom. The largest absolute Gasteiger partial charge is 0.383 e. The fraction of sp³-hybridized carbons (Fsp3) is 0.733. The Labute approximate surface area is 122 Å². The Bertz CT molecular complexity index is 371. The number of methoxy groups -OCH3 is 1. The van der Waals surface area contributed by atoms with Crippen molar-refractivity contribution in [3.63, 3.8) is 0 Å². The lowest BCUT2D eigenvalue weighted by molar-refractivity contribution is 0.171. The van der Waals surface area contributed by atoms with Gasteiger partial charge >= 0.3 is 0 Å². The average molecular weight is 280 g/mol. The highest BCUT2D eigenvalue weighted by Gasteiger charge is 2.14. The normalized spacial score (nSPS) is 12.5. The predicted molar refractivity (Wildman–Crippen MR) is 84.3 cm³/mol. The quantitative estimate of drug-likeness (QED) is 0.728. The molecule has 0 amide bonds. The van der Waals surface area contributed by atoms with Crippen molar-refractivity contribution in [3.05, 3.63) is 11.9 Å². The van der Waals surface area contributed by atoms with Gasteiger partial charge in [-0.2, -0.15) is 0 Å². The molecule has 1 heterocycles. The van der Waals surface area contributed by atoms with Crippen molar-refractivity contribution >= 4 is 11.6 Å². The molecule has 0 spiro atoms. The molecule has 114 valence electrons. The van der Waals surface area contributed by atoms with Crippen LogP contribution >= 0.6 is 0 Å². The Morgan fingerprint density at radius 3 is 2.45 bits per heavy atom. The average Bonchev–Trinajstić information content (AvgIpc) is 2.38. The van der Waals surface area contributed by atoms with E-state index in [0.717, 1.165) is 36.8 Å². The summed E-state index contributed by atoms with van der Waals surface area (Å²) in [6, 6.07) is 2.21. The molecule has 0 bridgehead atoms. The molecule has 0 radical (unpaired) electrons. The van der Waals surface area contributed by atoms with Crippen molar-refractivity contribution in [1.82, 2.24) is 9.97 Å². The first-order valence-corrected chi connectivity index (χ1v) is 7.47. The summed E-state index contributed by atoms with van der Waals surface area (Å²) < 4.78 is 5.27. The van der Waals surface area contributed by atoms with E-state index in [-0.39, 0.29) is 6.04 Å². The van der Waals surface area contributed by atoms with Gasteiger partial charge in [0.05, 0.1) is 12.6 Å². The van der Waals surface area contributed by atoms with Gasteiger partial charge in [0.25, 0.3) is 0 Å². The van der Waals surface area contributed by atoms with E-state index in [1.54, 1.807) is 7.11 Å². The Kier molecular flexibility index (Phi) is 7.30. The minimum atomic E-state index is 0.249. The molecule has 0 saturated carbocycles. The monoisotopic (exact) mass is 280 g/mol. The van der Waals surface area contributed by atoms with E-state index in [1.165, 1.54) is 0 Å². The fourth-order valence-electron chi connectivity index (χ4n) is 1.95. The standard InChI is InChI=1S/C15H28N4O/c1-6-8-13-18-14(16-7-2)9-15(19-13)17-12(10-20-5)11(3)4/h9,11-12H,6-8,10H2,1-5H3,(H2,16,17,18,19). The molecule has 20 heavy (non-hydrogen) atoms. The molecule has 5 nitrogen and oxygen atoms in total. The first-order chi connectivity index (χ1) is 9.60. The lowest BCUT2D eigenvalue weighted by Crippen LogP contribution is -2.31. The second-order valence-corrected chi connectivity index (χ2v) is 5.29. The summed E-state index contributed by atoms with van der Waals surface area (Å²) in [5.74, 6) is 3.11. The van der Waals surface area contributed by atoms with Crippen LogP contribution in [0.15, 0.2) is 6.07 Å². The van der Waals surface area contributed by atoms with Gasteiger partial charge in [-0.1, -0.05) is 20.8 Å². The van der Waals surface area contributed by atoms with Crippen molar-refractivity contribution in [2.24, 2.45) is 5.92 Å². The predicted octanol–water partition coefficient (Wildman–Crippen LogP) is 2.94. The number of hydrogen-bond donors (Lipinski definition) is 2. The minimum absolute atomic E-state index is 0.249. The van der Waals surface area contributed by atoms with Crippen LogP contribution in [0, 0.1) is 5.92 Å². The highest BCUT2D eigenvalue weighted by atomic mass is 16.5. The zero-order chi connectivity index (χ0) is 15.0.